The van der Waals surface area contributed by atoms with Crippen LogP contribution in [0.5, 0.6) is 5.75 Å². The lowest BCUT2D eigenvalue weighted by molar-refractivity contribution is -0.274. The summed E-state index contributed by atoms with van der Waals surface area (Å²) in [4.78, 5) is 28.8. The number of likely N-dealkylation sites (tertiary alicyclic amines) is 1. The number of benzene rings is 2. The number of hydrogen-bond donors (Lipinski definition) is 1. The number of halogens is 4. The molecule has 0 saturated carbocycles. The summed E-state index contributed by atoms with van der Waals surface area (Å²) in [6.07, 6.45) is -3.08. The Bertz CT molecular complexity index is 1370. The Kier molecular flexibility index (Phi) is 6.44. The Morgan fingerprint density at radius 2 is 1.97 bits per heavy atom. The van der Waals surface area contributed by atoms with Gasteiger partial charge in [-0.15, -0.1) is 18.3 Å². The summed E-state index contributed by atoms with van der Waals surface area (Å²) >= 11 is 0. The highest BCUT2D eigenvalue weighted by Crippen LogP contribution is 2.30. The summed E-state index contributed by atoms with van der Waals surface area (Å²) in [7, 11) is 0. The first kappa shape index (κ1) is 24.5. The summed E-state index contributed by atoms with van der Waals surface area (Å²) in [6.45, 7) is 1.16. The number of nitrogens with zero attached hydrogens (tertiary/aromatic N) is 4. The van der Waals surface area contributed by atoms with E-state index in [0.29, 0.717) is 43.2 Å². The third-order valence-corrected chi connectivity index (χ3v) is 6.39. The number of ether oxygens (including phenoxy) is 2. The van der Waals surface area contributed by atoms with Crippen LogP contribution in [0.1, 0.15) is 22.3 Å². The molecule has 3 aromatic rings. The summed E-state index contributed by atoms with van der Waals surface area (Å²) in [6, 6.07) is 7.80. The van der Waals surface area contributed by atoms with Crippen molar-refractivity contribution in [3.05, 3.63) is 65.0 Å². The molecule has 5 rings (SSSR count). The number of aromatic amines is 1. The lowest BCUT2D eigenvalue weighted by atomic mass is 10.00. The molecule has 37 heavy (non-hydrogen) atoms. The fourth-order valence-corrected chi connectivity index (χ4v) is 4.49. The molecule has 0 radical (unpaired) electrons. The highest BCUT2D eigenvalue weighted by atomic mass is 19.4. The maximum atomic E-state index is 14.1. The number of carbonyl (C=O) groups is 2. The first-order valence-electron chi connectivity index (χ1n) is 11.4. The van der Waals surface area contributed by atoms with Crippen molar-refractivity contribution in [2.45, 2.75) is 19.4 Å². The number of nitrogens with one attached hydrogen (secondary N) is 1. The van der Waals surface area contributed by atoms with Gasteiger partial charge < -0.3 is 19.3 Å². The SMILES string of the molecule is O=C(OCc1ccc(OC(F)(F)F)cc1F)N1CC=C2CN(C(=O)c3ccc4[nH]nnc4c3)C[C@H]2CC1. The minimum absolute atomic E-state index is 0.0779. The summed E-state index contributed by atoms with van der Waals surface area (Å²) in [5, 5.41) is 10.4. The number of H-pyrrole nitrogens is 1. The van der Waals surface area contributed by atoms with Crippen molar-refractivity contribution in [2.75, 3.05) is 26.2 Å². The Morgan fingerprint density at radius 3 is 2.76 bits per heavy atom. The van der Waals surface area contributed by atoms with Crippen LogP contribution in [0.15, 0.2) is 48.0 Å². The van der Waals surface area contributed by atoms with Crippen molar-refractivity contribution in [3.63, 3.8) is 0 Å². The molecule has 1 aromatic heterocycles. The topological polar surface area (TPSA) is 101 Å². The fourth-order valence-electron chi connectivity index (χ4n) is 4.49. The van der Waals surface area contributed by atoms with E-state index in [-0.39, 0.29) is 23.9 Å². The molecule has 1 N–H and O–H groups in total. The molecular weight excluding hydrogens is 498 g/mol. The maximum absolute atomic E-state index is 14.1. The van der Waals surface area contributed by atoms with Crippen LogP contribution < -0.4 is 4.74 Å². The fraction of sp³-hybridized carbons (Fsp3) is 0.333. The first-order valence-corrected chi connectivity index (χ1v) is 11.4. The first-order chi connectivity index (χ1) is 17.7. The molecule has 13 heteroatoms. The standard InChI is InChI=1S/C24H21F4N5O4/c25-19-10-18(37-24(26,27)28)3-1-17(19)13-36-23(35)32-7-5-15-11-33(12-16(15)6-8-32)22(34)14-2-4-20-21(9-14)30-31-29-20/h1-5,9-10,16H,6-8,11-13H2,(H,29,30,31)/t16-/m1/s1. The van der Waals surface area contributed by atoms with Gasteiger partial charge in [-0.2, -0.15) is 0 Å². The van der Waals surface area contributed by atoms with E-state index in [1.807, 2.05) is 6.08 Å². The predicted molar refractivity (Wildman–Crippen MR) is 121 cm³/mol. The largest absolute Gasteiger partial charge is 0.573 e. The van der Waals surface area contributed by atoms with Gasteiger partial charge in [-0.25, -0.2) is 9.18 Å². The van der Waals surface area contributed by atoms with E-state index in [1.165, 1.54) is 4.90 Å². The van der Waals surface area contributed by atoms with Gasteiger partial charge in [-0.1, -0.05) is 11.3 Å². The van der Waals surface area contributed by atoms with E-state index < -0.39 is 30.6 Å². The molecule has 0 spiro atoms. The van der Waals surface area contributed by atoms with Gasteiger partial charge in [0, 0.05) is 49.3 Å². The number of aromatic nitrogens is 3. The van der Waals surface area contributed by atoms with Crippen LogP contribution in [-0.4, -0.2) is 69.8 Å². The van der Waals surface area contributed by atoms with Gasteiger partial charge in [0.05, 0.1) is 5.52 Å². The van der Waals surface area contributed by atoms with Crippen LogP contribution >= 0.6 is 0 Å². The molecule has 9 nitrogen and oxygen atoms in total. The third-order valence-electron chi connectivity index (χ3n) is 6.39. The number of amides is 2. The molecule has 194 valence electrons. The monoisotopic (exact) mass is 519 g/mol. The van der Waals surface area contributed by atoms with Crippen molar-refractivity contribution in [3.8, 4) is 5.75 Å². The van der Waals surface area contributed by atoms with E-state index in [4.69, 9.17) is 4.74 Å². The highest BCUT2D eigenvalue weighted by molar-refractivity contribution is 5.97. The van der Waals surface area contributed by atoms with Crippen LogP contribution in [0.3, 0.4) is 0 Å². The molecule has 0 aliphatic carbocycles. The molecule has 0 bridgehead atoms. The number of rotatable bonds is 4. The Labute approximate surface area is 207 Å². The second kappa shape index (κ2) is 9.71. The van der Waals surface area contributed by atoms with E-state index in [2.05, 4.69) is 20.1 Å². The third kappa shape index (κ3) is 5.49. The zero-order valence-electron chi connectivity index (χ0n) is 19.3. The van der Waals surface area contributed by atoms with E-state index in [0.717, 1.165) is 23.2 Å². The quantitative estimate of drug-likeness (QED) is 0.413. The molecule has 1 fully saturated rings. The van der Waals surface area contributed by atoms with Crippen LogP contribution in [-0.2, 0) is 11.3 Å². The van der Waals surface area contributed by atoms with Gasteiger partial charge in [0.1, 0.15) is 23.7 Å². The molecule has 0 unspecified atom stereocenters. The second-order valence-corrected chi connectivity index (χ2v) is 8.80. The van der Waals surface area contributed by atoms with Crippen molar-refractivity contribution in [1.82, 2.24) is 25.2 Å². The van der Waals surface area contributed by atoms with Crippen molar-refractivity contribution >= 4 is 23.0 Å². The molecule has 2 aromatic carbocycles. The summed E-state index contributed by atoms with van der Waals surface area (Å²) in [5.74, 6) is -1.69. The number of alkyl halides is 3. The molecule has 2 amide bonds. The maximum Gasteiger partial charge on any atom is 0.573 e. The zero-order chi connectivity index (χ0) is 26.2. The molecule has 2 aliphatic rings. The van der Waals surface area contributed by atoms with Gasteiger partial charge in [-0.3, -0.25) is 9.89 Å². The Balaban J connectivity index is 1.16. The molecule has 1 atom stereocenters. The zero-order valence-corrected chi connectivity index (χ0v) is 19.3. The van der Waals surface area contributed by atoms with Crippen LogP contribution in [0.4, 0.5) is 22.4 Å². The minimum Gasteiger partial charge on any atom is -0.444 e. The van der Waals surface area contributed by atoms with Crippen molar-refractivity contribution in [2.24, 2.45) is 5.92 Å². The number of hydrogen-bond acceptors (Lipinski definition) is 6. The second-order valence-electron chi connectivity index (χ2n) is 8.80. The number of carbonyl (C=O) groups excluding carboxylic acids is 2. The van der Waals surface area contributed by atoms with Crippen LogP contribution in [0.25, 0.3) is 11.0 Å². The Morgan fingerprint density at radius 1 is 1.14 bits per heavy atom. The molecular formula is C24H21F4N5O4. The Hall–Kier alpha value is -4.16. The highest BCUT2D eigenvalue weighted by Gasteiger charge is 2.34. The number of fused-ring (bicyclic) bond motifs is 2. The van der Waals surface area contributed by atoms with Crippen LogP contribution in [0.2, 0.25) is 0 Å². The van der Waals surface area contributed by atoms with Gasteiger partial charge in [0.25, 0.3) is 5.91 Å². The van der Waals surface area contributed by atoms with Crippen LogP contribution in [0, 0.1) is 11.7 Å². The predicted octanol–water partition coefficient (Wildman–Crippen LogP) is 4.04. The molecule has 1 saturated heterocycles. The lowest BCUT2D eigenvalue weighted by Crippen LogP contribution is -2.33. The lowest BCUT2D eigenvalue weighted by Gasteiger charge is -2.21. The van der Waals surface area contributed by atoms with Gasteiger partial charge in [0.15, 0.2) is 0 Å². The van der Waals surface area contributed by atoms with Gasteiger partial charge in [-0.05, 0) is 42.3 Å². The molecule has 2 aliphatic heterocycles. The smallest absolute Gasteiger partial charge is 0.444 e. The van der Waals surface area contributed by atoms with Crippen molar-refractivity contribution in [1.29, 1.82) is 0 Å². The summed E-state index contributed by atoms with van der Waals surface area (Å²) < 4.78 is 59.8. The summed E-state index contributed by atoms with van der Waals surface area (Å²) in [5.41, 5.74) is 2.85. The van der Waals surface area contributed by atoms with E-state index in [1.54, 1.807) is 23.1 Å². The van der Waals surface area contributed by atoms with Gasteiger partial charge >= 0.3 is 12.5 Å². The van der Waals surface area contributed by atoms with Gasteiger partial charge in [0.2, 0.25) is 0 Å². The van der Waals surface area contributed by atoms with Crippen molar-refractivity contribution < 1.29 is 36.6 Å². The normalized spacial score (nSPS) is 17.8. The van der Waals surface area contributed by atoms with E-state index >= 15 is 0 Å². The molecule has 3 heterocycles. The minimum atomic E-state index is -4.93. The van der Waals surface area contributed by atoms with E-state index in [9.17, 15) is 27.2 Å². The average Bonchev–Trinajstić information content (AvgIpc) is 3.44. The average molecular weight is 519 g/mol.